The van der Waals surface area contributed by atoms with Gasteiger partial charge in [-0.25, -0.2) is 0 Å². The van der Waals surface area contributed by atoms with Crippen LogP contribution in [-0.4, -0.2) is 6.41 Å². The molecule has 0 amide bonds. The fourth-order valence-corrected chi connectivity index (χ4v) is 1.86. The van der Waals surface area contributed by atoms with Crippen LogP contribution in [0.5, 0.6) is 0 Å². The van der Waals surface area contributed by atoms with Gasteiger partial charge in [0.1, 0.15) is 12.5 Å². The standard InChI is InChI=1S/C15H13NO2/c1-2-5-12(6-3-1)13-7-4-8-14(11-13)16-15-17-9-10-18-15/h1-11,15-16H. The molecule has 18 heavy (non-hydrogen) atoms. The van der Waals surface area contributed by atoms with Crippen molar-refractivity contribution in [3.8, 4) is 11.1 Å². The first kappa shape index (κ1) is 10.7. The lowest BCUT2D eigenvalue weighted by Crippen LogP contribution is -2.19. The van der Waals surface area contributed by atoms with E-state index in [9.17, 15) is 0 Å². The number of nitrogens with one attached hydrogen (secondary N) is 1. The second-order valence-corrected chi connectivity index (χ2v) is 3.97. The van der Waals surface area contributed by atoms with Gasteiger partial charge in [-0.15, -0.1) is 0 Å². The van der Waals surface area contributed by atoms with E-state index >= 15 is 0 Å². The van der Waals surface area contributed by atoms with Crippen LogP contribution < -0.4 is 5.32 Å². The number of hydrogen-bond donors (Lipinski definition) is 1. The first-order valence-corrected chi connectivity index (χ1v) is 5.80. The van der Waals surface area contributed by atoms with E-state index in [2.05, 4.69) is 29.6 Å². The van der Waals surface area contributed by atoms with Crippen LogP contribution >= 0.6 is 0 Å². The Morgan fingerprint density at radius 3 is 2.28 bits per heavy atom. The van der Waals surface area contributed by atoms with Gasteiger partial charge in [0.15, 0.2) is 0 Å². The lowest BCUT2D eigenvalue weighted by Gasteiger charge is -2.14. The third-order valence-electron chi connectivity index (χ3n) is 2.71. The molecule has 0 atom stereocenters. The van der Waals surface area contributed by atoms with Crippen molar-refractivity contribution in [1.29, 1.82) is 0 Å². The minimum atomic E-state index is -0.434. The summed E-state index contributed by atoms with van der Waals surface area (Å²) >= 11 is 0. The Bertz CT molecular complexity index is 543. The van der Waals surface area contributed by atoms with Crippen LogP contribution in [0.1, 0.15) is 0 Å². The average Bonchev–Trinajstić information content (AvgIpc) is 2.93. The summed E-state index contributed by atoms with van der Waals surface area (Å²) in [6, 6.07) is 18.4. The Kier molecular flexibility index (Phi) is 2.88. The van der Waals surface area contributed by atoms with Crippen molar-refractivity contribution in [1.82, 2.24) is 0 Å². The summed E-state index contributed by atoms with van der Waals surface area (Å²) in [4.78, 5) is 0. The molecule has 90 valence electrons. The summed E-state index contributed by atoms with van der Waals surface area (Å²) in [6.07, 6.45) is 2.62. The zero-order valence-corrected chi connectivity index (χ0v) is 9.74. The molecule has 0 fully saturated rings. The molecule has 0 saturated heterocycles. The highest BCUT2D eigenvalue weighted by atomic mass is 16.7. The lowest BCUT2D eigenvalue weighted by atomic mass is 10.1. The molecule has 0 unspecified atom stereocenters. The molecular weight excluding hydrogens is 226 g/mol. The molecule has 2 aromatic carbocycles. The van der Waals surface area contributed by atoms with Gasteiger partial charge in [0.2, 0.25) is 0 Å². The van der Waals surface area contributed by atoms with E-state index < -0.39 is 6.41 Å². The van der Waals surface area contributed by atoms with Crippen LogP contribution in [-0.2, 0) is 9.47 Å². The predicted molar refractivity (Wildman–Crippen MR) is 70.6 cm³/mol. The van der Waals surface area contributed by atoms with Crippen LogP contribution in [0.4, 0.5) is 5.69 Å². The third-order valence-corrected chi connectivity index (χ3v) is 2.71. The Hall–Kier alpha value is -2.42. The topological polar surface area (TPSA) is 30.5 Å². The summed E-state index contributed by atoms with van der Waals surface area (Å²) < 4.78 is 10.4. The summed E-state index contributed by atoms with van der Waals surface area (Å²) in [7, 11) is 0. The molecule has 0 aromatic heterocycles. The number of rotatable bonds is 3. The minimum Gasteiger partial charge on any atom is -0.442 e. The highest BCUT2D eigenvalue weighted by molar-refractivity contribution is 5.67. The summed E-state index contributed by atoms with van der Waals surface area (Å²) in [5.41, 5.74) is 3.31. The van der Waals surface area contributed by atoms with Gasteiger partial charge in [0.05, 0.1) is 0 Å². The number of ether oxygens (including phenoxy) is 2. The number of benzene rings is 2. The zero-order valence-electron chi connectivity index (χ0n) is 9.74. The number of hydrogen-bond acceptors (Lipinski definition) is 3. The van der Waals surface area contributed by atoms with Crippen molar-refractivity contribution < 1.29 is 9.47 Å². The smallest absolute Gasteiger partial charge is 0.323 e. The molecule has 0 saturated carbocycles. The second-order valence-electron chi connectivity index (χ2n) is 3.97. The van der Waals surface area contributed by atoms with Crippen LogP contribution in [0.25, 0.3) is 11.1 Å². The summed E-state index contributed by atoms with van der Waals surface area (Å²) in [5, 5.41) is 3.14. The molecule has 0 aliphatic carbocycles. The molecule has 3 rings (SSSR count). The van der Waals surface area contributed by atoms with Crippen molar-refractivity contribution in [3.63, 3.8) is 0 Å². The van der Waals surface area contributed by atoms with E-state index in [1.165, 1.54) is 18.1 Å². The fourth-order valence-electron chi connectivity index (χ4n) is 1.86. The van der Waals surface area contributed by atoms with E-state index in [0.717, 1.165) is 11.3 Å². The summed E-state index contributed by atoms with van der Waals surface area (Å²) in [6.45, 7) is 0. The van der Waals surface area contributed by atoms with Crippen molar-refractivity contribution in [3.05, 3.63) is 67.1 Å². The van der Waals surface area contributed by atoms with Gasteiger partial charge in [-0.05, 0) is 23.3 Å². The van der Waals surface area contributed by atoms with Gasteiger partial charge in [-0.2, -0.15) is 0 Å². The highest BCUT2D eigenvalue weighted by Gasteiger charge is 2.11. The fraction of sp³-hybridized carbons (Fsp3) is 0.0667. The van der Waals surface area contributed by atoms with Crippen molar-refractivity contribution >= 4 is 5.69 Å². The SMILES string of the molecule is C1=COC(Nc2cccc(-c3ccccc3)c2)O1. The number of anilines is 1. The van der Waals surface area contributed by atoms with Crippen molar-refractivity contribution in [2.75, 3.05) is 5.32 Å². The minimum absolute atomic E-state index is 0.434. The first-order chi connectivity index (χ1) is 8.92. The van der Waals surface area contributed by atoms with E-state index in [-0.39, 0.29) is 0 Å². The molecular formula is C15H13NO2. The lowest BCUT2D eigenvalue weighted by molar-refractivity contribution is 0.00233. The maximum atomic E-state index is 5.19. The molecule has 1 aliphatic rings. The van der Waals surface area contributed by atoms with Gasteiger partial charge in [0, 0.05) is 5.69 Å². The predicted octanol–water partition coefficient (Wildman–Crippen LogP) is 3.57. The summed E-state index contributed by atoms with van der Waals surface area (Å²) in [5.74, 6) is 0. The highest BCUT2D eigenvalue weighted by Crippen LogP contribution is 2.23. The molecule has 3 heteroatoms. The molecule has 1 N–H and O–H groups in total. The Morgan fingerprint density at radius 1 is 0.778 bits per heavy atom. The Morgan fingerprint density at radius 2 is 1.50 bits per heavy atom. The average molecular weight is 239 g/mol. The molecule has 1 heterocycles. The molecule has 0 bridgehead atoms. The van der Waals surface area contributed by atoms with Crippen LogP contribution in [0, 0.1) is 0 Å². The Balaban J connectivity index is 1.81. The second kappa shape index (κ2) is 4.84. The van der Waals surface area contributed by atoms with E-state index in [4.69, 9.17) is 9.47 Å². The van der Waals surface area contributed by atoms with Gasteiger partial charge in [-0.1, -0.05) is 42.5 Å². The van der Waals surface area contributed by atoms with Crippen LogP contribution in [0.2, 0.25) is 0 Å². The third kappa shape index (κ3) is 2.30. The maximum absolute atomic E-state index is 5.19. The molecule has 2 aromatic rings. The van der Waals surface area contributed by atoms with E-state index in [0.29, 0.717) is 0 Å². The normalized spacial score (nSPS) is 14.0. The van der Waals surface area contributed by atoms with Gasteiger partial charge >= 0.3 is 6.41 Å². The van der Waals surface area contributed by atoms with Gasteiger partial charge in [-0.3, -0.25) is 0 Å². The van der Waals surface area contributed by atoms with Crippen LogP contribution in [0.3, 0.4) is 0 Å². The first-order valence-electron chi connectivity index (χ1n) is 5.80. The van der Waals surface area contributed by atoms with Crippen LogP contribution in [0.15, 0.2) is 67.1 Å². The largest absolute Gasteiger partial charge is 0.442 e. The Labute approximate surface area is 106 Å². The quantitative estimate of drug-likeness (QED) is 0.888. The monoisotopic (exact) mass is 239 g/mol. The van der Waals surface area contributed by atoms with Gasteiger partial charge in [0.25, 0.3) is 0 Å². The van der Waals surface area contributed by atoms with Crippen molar-refractivity contribution in [2.45, 2.75) is 6.41 Å². The zero-order chi connectivity index (χ0) is 12.2. The maximum Gasteiger partial charge on any atom is 0.323 e. The molecule has 0 spiro atoms. The molecule has 3 nitrogen and oxygen atoms in total. The van der Waals surface area contributed by atoms with Crippen molar-refractivity contribution in [2.24, 2.45) is 0 Å². The van der Waals surface area contributed by atoms with Gasteiger partial charge < -0.3 is 14.8 Å². The van der Waals surface area contributed by atoms with E-state index in [1.54, 1.807) is 0 Å². The van der Waals surface area contributed by atoms with E-state index in [1.807, 2.05) is 30.3 Å². The molecule has 0 radical (unpaired) electrons. The molecule has 1 aliphatic heterocycles.